The predicted molar refractivity (Wildman–Crippen MR) is 215 cm³/mol. The maximum absolute atomic E-state index is 13.3. The molecule has 4 aliphatic rings. The minimum Gasteiger partial charge on any atom is -0.483 e. The van der Waals surface area contributed by atoms with Gasteiger partial charge < -0.3 is 29.7 Å². The summed E-state index contributed by atoms with van der Waals surface area (Å²) < 4.78 is 7.78. The molecule has 0 radical (unpaired) electrons. The van der Waals surface area contributed by atoms with Crippen LogP contribution in [0.1, 0.15) is 82.2 Å². The first kappa shape index (κ1) is 39.4. The van der Waals surface area contributed by atoms with E-state index in [1.807, 2.05) is 24.4 Å². The minimum absolute atomic E-state index is 0.000443. The van der Waals surface area contributed by atoms with E-state index in [1.54, 1.807) is 31.3 Å². The molecular formula is C41H47N11O7. The molecule has 3 N–H and O–H groups in total. The number of hydrogen-bond acceptors (Lipinski definition) is 13. The van der Waals surface area contributed by atoms with Gasteiger partial charge in [-0.2, -0.15) is 4.98 Å². The molecule has 4 aromatic rings. The van der Waals surface area contributed by atoms with Gasteiger partial charge in [0.2, 0.25) is 17.8 Å². The molecule has 6 amide bonds. The van der Waals surface area contributed by atoms with Crippen LogP contribution in [-0.4, -0.2) is 136 Å². The summed E-state index contributed by atoms with van der Waals surface area (Å²) in [4.78, 5) is 97.1. The van der Waals surface area contributed by atoms with Crippen LogP contribution in [0.4, 0.5) is 17.5 Å². The van der Waals surface area contributed by atoms with E-state index in [0.717, 1.165) is 86.4 Å². The molecule has 0 bridgehead atoms. The monoisotopic (exact) mass is 805 g/mol. The van der Waals surface area contributed by atoms with Crippen molar-refractivity contribution >= 4 is 63.9 Å². The van der Waals surface area contributed by atoms with Crippen LogP contribution in [0.2, 0.25) is 0 Å². The summed E-state index contributed by atoms with van der Waals surface area (Å²) >= 11 is 0. The zero-order valence-corrected chi connectivity index (χ0v) is 33.1. The highest BCUT2D eigenvalue weighted by Gasteiger charge is 2.46. The molecule has 1 atom stereocenters. The average Bonchev–Trinajstić information content (AvgIpc) is 3.96. The van der Waals surface area contributed by atoms with Gasteiger partial charge in [0.15, 0.2) is 6.61 Å². The number of rotatable bonds is 13. The van der Waals surface area contributed by atoms with E-state index in [1.165, 1.54) is 12.1 Å². The molecule has 18 nitrogen and oxygen atoms in total. The lowest BCUT2D eigenvalue weighted by Gasteiger charge is -2.36. The minimum atomic E-state index is -1.09. The van der Waals surface area contributed by atoms with Gasteiger partial charge in [0.1, 0.15) is 29.0 Å². The number of anilines is 3. The third-order valence-corrected chi connectivity index (χ3v) is 11.4. The van der Waals surface area contributed by atoms with Crippen molar-refractivity contribution in [1.82, 2.24) is 44.9 Å². The number of pyridine rings is 1. The van der Waals surface area contributed by atoms with Crippen LogP contribution in [0, 0.1) is 0 Å². The number of imide groups is 2. The van der Waals surface area contributed by atoms with E-state index in [2.05, 4.69) is 40.3 Å². The number of fused-ring (bicyclic) bond motifs is 2. The number of piperidine rings is 1. The van der Waals surface area contributed by atoms with Crippen LogP contribution < -0.4 is 25.6 Å². The van der Waals surface area contributed by atoms with Gasteiger partial charge in [-0.1, -0.05) is 18.9 Å². The van der Waals surface area contributed by atoms with Crippen molar-refractivity contribution in [2.75, 3.05) is 70.2 Å². The lowest BCUT2D eigenvalue weighted by Crippen LogP contribution is -2.54. The first-order chi connectivity index (χ1) is 28.5. The zero-order valence-electron chi connectivity index (χ0n) is 33.1. The summed E-state index contributed by atoms with van der Waals surface area (Å²) in [7, 11) is 3.52. The standard InChI is InChI=1S/C41H47N11O7/c1-48(2)39(57)30-21-25-22-44-41(47-36(25)51(30)26-7-3-4-8-26)45-32-13-11-27(23-43-32)50-19-17-49(18-20-50)16-6-15-42-34(54)24-59-31-10-5-9-28-35(31)40(58)52(38(28)56)29-12-14-33(53)46-37(29)55/h5,9-11,13,21-23,26,29H,3-4,6-8,12,14-20,24H2,1-2H3,(H,42,54)(H,46,53,55)(H,43,44,45,47). The van der Waals surface area contributed by atoms with E-state index in [4.69, 9.17) is 9.72 Å². The zero-order chi connectivity index (χ0) is 41.2. The summed E-state index contributed by atoms with van der Waals surface area (Å²) in [5.41, 5.74) is 2.48. The summed E-state index contributed by atoms with van der Waals surface area (Å²) in [5, 5.41) is 9.10. The summed E-state index contributed by atoms with van der Waals surface area (Å²) in [5.74, 6) is -1.77. The molecule has 59 heavy (non-hydrogen) atoms. The number of carbonyl (C=O) groups excluding carboxylic acids is 6. The van der Waals surface area contributed by atoms with E-state index < -0.39 is 29.7 Å². The molecule has 1 aromatic carbocycles. The molecule has 3 fully saturated rings. The number of ether oxygens (including phenoxy) is 1. The molecule has 2 saturated heterocycles. The second-order valence-corrected chi connectivity index (χ2v) is 15.5. The first-order valence-electron chi connectivity index (χ1n) is 20.1. The third kappa shape index (κ3) is 8.17. The van der Waals surface area contributed by atoms with Crippen molar-refractivity contribution in [3.8, 4) is 5.75 Å². The molecule has 3 aromatic heterocycles. The Balaban J connectivity index is 0.775. The lowest BCUT2D eigenvalue weighted by atomic mass is 10.0. The first-order valence-corrected chi connectivity index (χ1v) is 20.1. The Morgan fingerprint density at radius 2 is 1.75 bits per heavy atom. The van der Waals surface area contributed by atoms with Gasteiger partial charge in [-0.15, -0.1) is 0 Å². The number of nitrogens with one attached hydrogen (secondary N) is 3. The van der Waals surface area contributed by atoms with Crippen LogP contribution in [0.5, 0.6) is 5.75 Å². The Morgan fingerprint density at radius 1 is 0.949 bits per heavy atom. The number of aromatic nitrogens is 4. The van der Waals surface area contributed by atoms with Crippen LogP contribution in [-0.2, 0) is 14.4 Å². The summed E-state index contributed by atoms with van der Waals surface area (Å²) in [6.45, 7) is 4.24. The van der Waals surface area contributed by atoms with Crippen molar-refractivity contribution < 1.29 is 33.5 Å². The van der Waals surface area contributed by atoms with Crippen LogP contribution in [0.25, 0.3) is 11.0 Å². The van der Waals surface area contributed by atoms with Gasteiger partial charge in [-0.25, -0.2) is 9.97 Å². The number of nitrogens with zero attached hydrogens (tertiary/aromatic N) is 8. The van der Waals surface area contributed by atoms with E-state index in [0.29, 0.717) is 24.0 Å². The van der Waals surface area contributed by atoms with E-state index in [9.17, 15) is 28.8 Å². The number of amides is 6. The molecule has 0 spiro atoms. The van der Waals surface area contributed by atoms with Crippen molar-refractivity contribution in [2.24, 2.45) is 0 Å². The number of piperazine rings is 1. The van der Waals surface area contributed by atoms with Crippen LogP contribution in [0.15, 0.2) is 48.8 Å². The quantitative estimate of drug-likeness (QED) is 0.132. The summed E-state index contributed by atoms with van der Waals surface area (Å²) in [6, 6.07) is 9.50. The van der Waals surface area contributed by atoms with Gasteiger partial charge in [-0.3, -0.25) is 43.9 Å². The molecule has 8 rings (SSSR count). The Labute approximate surface area is 340 Å². The molecule has 1 saturated carbocycles. The molecule has 3 aliphatic heterocycles. The number of hydrogen-bond donors (Lipinski definition) is 3. The average molecular weight is 806 g/mol. The Morgan fingerprint density at radius 3 is 2.47 bits per heavy atom. The third-order valence-electron chi connectivity index (χ3n) is 11.4. The normalized spacial score (nSPS) is 18.6. The van der Waals surface area contributed by atoms with Gasteiger partial charge >= 0.3 is 0 Å². The largest absolute Gasteiger partial charge is 0.483 e. The van der Waals surface area contributed by atoms with Crippen LogP contribution in [0.3, 0.4) is 0 Å². The highest BCUT2D eigenvalue weighted by atomic mass is 16.5. The Hall–Kier alpha value is -6.43. The Kier molecular flexibility index (Phi) is 11.2. The van der Waals surface area contributed by atoms with Gasteiger partial charge in [0.05, 0.1) is 23.0 Å². The number of carbonyl (C=O) groups is 6. The van der Waals surface area contributed by atoms with Crippen molar-refractivity contribution in [3.05, 3.63) is 65.6 Å². The predicted octanol–water partition coefficient (Wildman–Crippen LogP) is 2.50. The van der Waals surface area contributed by atoms with Crippen molar-refractivity contribution in [3.63, 3.8) is 0 Å². The SMILES string of the molecule is CN(C)C(=O)c1cc2cnc(Nc3ccc(N4CCN(CCCNC(=O)COc5cccc6c5C(=O)N(C5CCC(=O)NC5=O)C6=O)CC4)cn3)nc2n1C1CCCC1. The van der Waals surface area contributed by atoms with Crippen LogP contribution >= 0.6 is 0 Å². The molecule has 6 heterocycles. The van der Waals surface area contributed by atoms with Gasteiger partial charge in [0, 0.05) is 70.9 Å². The highest BCUT2D eigenvalue weighted by Crippen LogP contribution is 2.36. The van der Waals surface area contributed by atoms with E-state index >= 15 is 0 Å². The molecule has 18 heteroatoms. The van der Waals surface area contributed by atoms with Crippen molar-refractivity contribution in [2.45, 2.75) is 57.0 Å². The second-order valence-electron chi connectivity index (χ2n) is 15.5. The van der Waals surface area contributed by atoms with E-state index in [-0.39, 0.29) is 54.2 Å². The lowest BCUT2D eigenvalue weighted by molar-refractivity contribution is -0.136. The molecule has 1 aliphatic carbocycles. The molecule has 1 unspecified atom stereocenters. The fourth-order valence-corrected chi connectivity index (χ4v) is 8.31. The summed E-state index contributed by atoms with van der Waals surface area (Å²) in [6.07, 6.45) is 8.70. The van der Waals surface area contributed by atoms with Gasteiger partial charge in [0.25, 0.3) is 23.6 Å². The number of benzene rings is 1. The Bertz CT molecular complexity index is 2300. The second kappa shape index (κ2) is 16.8. The highest BCUT2D eigenvalue weighted by molar-refractivity contribution is 6.24. The molecule has 308 valence electrons. The maximum Gasteiger partial charge on any atom is 0.270 e. The maximum atomic E-state index is 13.3. The van der Waals surface area contributed by atoms with Gasteiger partial charge in [-0.05, 0) is 62.6 Å². The smallest absolute Gasteiger partial charge is 0.270 e. The topological polar surface area (TPSA) is 204 Å². The fraction of sp³-hybridized carbons (Fsp3) is 0.439. The molecular weight excluding hydrogens is 759 g/mol. The fourth-order valence-electron chi connectivity index (χ4n) is 8.31. The van der Waals surface area contributed by atoms with Crippen molar-refractivity contribution in [1.29, 1.82) is 0 Å².